The van der Waals surface area contributed by atoms with Crippen LogP contribution in [0.3, 0.4) is 0 Å². The standard InChI is InChI=1S/C20H23N3O3S/c1-13-5-2-3-7-15(13)23-16-8-4-6-14(16)17(22-23)18(24)21-20(19(25)26)9-11-27-12-10-20/h2-3,5,7H,4,6,8-12H2,1H3,(H,21,24)(H,25,26). The second-order valence-corrected chi connectivity index (χ2v) is 8.50. The number of carboxylic acids is 1. The van der Waals surface area contributed by atoms with Crippen molar-refractivity contribution in [2.75, 3.05) is 11.5 Å². The Morgan fingerprint density at radius 1 is 1.22 bits per heavy atom. The number of aryl methyl sites for hydroxylation is 1. The van der Waals surface area contributed by atoms with E-state index in [1.807, 2.05) is 35.9 Å². The van der Waals surface area contributed by atoms with Crippen LogP contribution >= 0.6 is 11.8 Å². The lowest BCUT2D eigenvalue weighted by atomic mass is 9.92. The minimum Gasteiger partial charge on any atom is -0.480 e. The van der Waals surface area contributed by atoms with Crippen molar-refractivity contribution in [1.29, 1.82) is 0 Å². The Kier molecular flexibility index (Phi) is 4.72. The van der Waals surface area contributed by atoms with E-state index in [9.17, 15) is 14.7 Å². The topological polar surface area (TPSA) is 84.2 Å². The highest BCUT2D eigenvalue weighted by atomic mass is 32.2. The van der Waals surface area contributed by atoms with Gasteiger partial charge in [-0.3, -0.25) is 4.79 Å². The van der Waals surface area contributed by atoms with Crippen LogP contribution in [0.5, 0.6) is 0 Å². The van der Waals surface area contributed by atoms with E-state index in [-0.39, 0.29) is 5.91 Å². The first-order chi connectivity index (χ1) is 13.0. The molecule has 2 heterocycles. The van der Waals surface area contributed by atoms with Crippen molar-refractivity contribution >= 4 is 23.6 Å². The molecule has 1 aliphatic heterocycles. The zero-order chi connectivity index (χ0) is 19.0. The van der Waals surface area contributed by atoms with Crippen LogP contribution < -0.4 is 5.32 Å². The van der Waals surface area contributed by atoms with Gasteiger partial charge in [-0.15, -0.1) is 0 Å². The van der Waals surface area contributed by atoms with Gasteiger partial charge in [-0.25, -0.2) is 9.48 Å². The van der Waals surface area contributed by atoms with E-state index in [0.717, 1.165) is 53.3 Å². The van der Waals surface area contributed by atoms with E-state index in [2.05, 4.69) is 10.4 Å². The zero-order valence-corrected chi connectivity index (χ0v) is 16.1. The first-order valence-corrected chi connectivity index (χ1v) is 10.5. The van der Waals surface area contributed by atoms with E-state index in [0.29, 0.717) is 18.5 Å². The molecule has 2 aliphatic rings. The van der Waals surface area contributed by atoms with Gasteiger partial charge >= 0.3 is 5.97 Å². The number of thioether (sulfide) groups is 1. The number of aliphatic carboxylic acids is 1. The Labute approximate surface area is 162 Å². The quantitative estimate of drug-likeness (QED) is 0.845. The smallest absolute Gasteiger partial charge is 0.329 e. The van der Waals surface area contributed by atoms with Crippen LogP contribution in [0, 0.1) is 6.92 Å². The molecule has 0 unspecified atom stereocenters. The number of aromatic nitrogens is 2. The van der Waals surface area contributed by atoms with Crippen molar-refractivity contribution in [1.82, 2.24) is 15.1 Å². The second kappa shape index (κ2) is 7.03. The van der Waals surface area contributed by atoms with Crippen molar-refractivity contribution in [2.45, 2.75) is 44.6 Å². The summed E-state index contributed by atoms with van der Waals surface area (Å²) in [4.78, 5) is 25.0. The van der Waals surface area contributed by atoms with Gasteiger partial charge in [0.15, 0.2) is 5.69 Å². The number of hydrogen-bond acceptors (Lipinski definition) is 4. The second-order valence-electron chi connectivity index (χ2n) is 7.28. The predicted octanol–water partition coefficient (Wildman–Crippen LogP) is 2.75. The molecule has 27 heavy (non-hydrogen) atoms. The summed E-state index contributed by atoms with van der Waals surface area (Å²) in [5, 5.41) is 17.2. The summed E-state index contributed by atoms with van der Waals surface area (Å²) >= 11 is 1.73. The Hall–Kier alpha value is -2.28. The maximum Gasteiger partial charge on any atom is 0.329 e. The monoisotopic (exact) mass is 385 g/mol. The van der Waals surface area contributed by atoms with Gasteiger partial charge in [-0.2, -0.15) is 16.9 Å². The lowest BCUT2D eigenvalue weighted by molar-refractivity contribution is -0.144. The Morgan fingerprint density at radius 3 is 2.67 bits per heavy atom. The predicted molar refractivity (Wildman–Crippen MR) is 105 cm³/mol. The molecule has 4 rings (SSSR count). The van der Waals surface area contributed by atoms with Crippen molar-refractivity contribution in [3.8, 4) is 5.69 Å². The van der Waals surface area contributed by atoms with E-state index in [1.165, 1.54) is 0 Å². The third kappa shape index (κ3) is 3.14. The fourth-order valence-corrected chi connectivity index (χ4v) is 5.20. The maximum absolute atomic E-state index is 13.1. The summed E-state index contributed by atoms with van der Waals surface area (Å²) < 4.78 is 1.87. The number of para-hydroxylation sites is 1. The molecule has 1 amide bonds. The van der Waals surface area contributed by atoms with E-state index < -0.39 is 11.5 Å². The van der Waals surface area contributed by atoms with Crippen molar-refractivity contribution in [2.24, 2.45) is 0 Å². The molecule has 1 aromatic heterocycles. The molecule has 1 saturated heterocycles. The summed E-state index contributed by atoms with van der Waals surface area (Å²) in [5.41, 5.74) is 3.29. The minimum absolute atomic E-state index is 0.366. The van der Waals surface area contributed by atoms with Gasteiger partial charge in [-0.1, -0.05) is 18.2 Å². The third-order valence-electron chi connectivity index (χ3n) is 5.60. The van der Waals surface area contributed by atoms with Crippen LogP contribution in [-0.2, 0) is 17.6 Å². The van der Waals surface area contributed by atoms with Crippen molar-refractivity contribution in [3.63, 3.8) is 0 Å². The lowest BCUT2D eigenvalue weighted by Crippen LogP contribution is -2.56. The molecule has 1 aromatic carbocycles. The molecule has 142 valence electrons. The maximum atomic E-state index is 13.1. The number of benzene rings is 1. The Bertz CT molecular complexity index is 900. The number of carbonyl (C=O) groups excluding carboxylic acids is 1. The molecule has 2 aromatic rings. The summed E-state index contributed by atoms with van der Waals surface area (Å²) in [5.74, 6) is 0.158. The Morgan fingerprint density at radius 2 is 1.96 bits per heavy atom. The van der Waals surface area contributed by atoms with Gasteiger partial charge in [0.25, 0.3) is 5.91 Å². The number of carbonyl (C=O) groups is 2. The van der Waals surface area contributed by atoms with Gasteiger partial charge in [0.2, 0.25) is 0 Å². The molecule has 2 N–H and O–H groups in total. The number of amides is 1. The van der Waals surface area contributed by atoms with Gasteiger partial charge in [0, 0.05) is 11.3 Å². The molecule has 0 atom stereocenters. The Balaban J connectivity index is 1.70. The molecule has 0 saturated carbocycles. The molecule has 1 aliphatic carbocycles. The van der Waals surface area contributed by atoms with Crippen LogP contribution in [0.1, 0.15) is 46.6 Å². The van der Waals surface area contributed by atoms with Crippen LogP contribution in [0.2, 0.25) is 0 Å². The largest absolute Gasteiger partial charge is 0.480 e. The molecule has 0 spiro atoms. The van der Waals surface area contributed by atoms with Crippen LogP contribution in [0.15, 0.2) is 24.3 Å². The highest BCUT2D eigenvalue weighted by molar-refractivity contribution is 7.99. The van der Waals surface area contributed by atoms with Gasteiger partial charge in [0.1, 0.15) is 5.54 Å². The highest BCUT2D eigenvalue weighted by Gasteiger charge is 2.42. The molecular formula is C20H23N3O3S. The number of fused-ring (bicyclic) bond motifs is 1. The summed E-state index contributed by atoms with van der Waals surface area (Å²) in [6, 6.07) is 7.97. The van der Waals surface area contributed by atoms with Gasteiger partial charge < -0.3 is 10.4 Å². The highest BCUT2D eigenvalue weighted by Crippen LogP contribution is 2.31. The zero-order valence-electron chi connectivity index (χ0n) is 15.3. The normalized spacial score (nSPS) is 18.1. The molecule has 1 fully saturated rings. The summed E-state index contributed by atoms with van der Waals surface area (Å²) in [7, 11) is 0. The van der Waals surface area contributed by atoms with Crippen LogP contribution in [0.4, 0.5) is 0 Å². The SMILES string of the molecule is Cc1ccccc1-n1nc(C(=O)NC2(C(=O)O)CCSCC2)c2c1CCC2. The van der Waals surface area contributed by atoms with Crippen LogP contribution in [-0.4, -0.2) is 43.8 Å². The number of nitrogens with one attached hydrogen (secondary N) is 1. The van der Waals surface area contributed by atoms with Crippen LogP contribution in [0.25, 0.3) is 5.69 Å². The summed E-state index contributed by atoms with van der Waals surface area (Å²) in [6.07, 6.45) is 3.56. The van der Waals surface area contributed by atoms with E-state index in [1.54, 1.807) is 11.8 Å². The summed E-state index contributed by atoms with van der Waals surface area (Å²) in [6.45, 7) is 2.03. The fourth-order valence-electron chi connectivity index (χ4n) is 4.01. The number of rotatable bonds is 4. The first kappa shape index (κ1) is 18.1. The number of hydrogen-bond donors (Lipinski definition) is 2. The van der Waals surface area contributed by atoms with Crippen molar-refractivity contribution < 1.29 is 14.7 Å². The van der Waals surface area contributed by atoms with E-state index >= 15 is 0 Å². The van der Waals surface area contributed by atoms with Gasteiger partial charge in [-0.05, 0) is 62.2 Å². The fraction of sp³-hybridized carbons (Fsp3) is 0.450. The lowest BCUT2D eigenvalue weighted by Gasteiger charge is -2.33. The average molecular weight is 385 g/mol. The number of carboxylic acid groups (broad SMARTS) is 1. The molecule has 7 heteroatoms. The van der Waals surface area contributed by atoms with E-state index in [4.69, 9.17) is 0 Å². The third-order valence-corrected chi connectivity index (χ3v) is 6.58. The van der Waals surface area contributed by atoms with Crippen molar-refractivity contribution in [3.05, 3.63) is 46.8 Å². The minimum atomic E-state index is -1.18. The first-order valence-electron chi connectivity index (χ1n) is 9.32. The molecule has 6 nitrogen and oxygen atoms in total. The average Bonchev–Trinajstić information content (AvgIpc) is 3.25. The molecular weight excluding hydrogens is 362 g/mol. The van der Waals surface area contributed by atoms with Gasteiger partial charge in [0.05, 0.1) is 5.69 Å². The molecule has 0 bridgehead atoms. The molecule has 0 radical (unpaired) electrons. The number of nitrogens with zero attached hydrogens (tertiary/aromatic N) is 2.